The van der Waals surface area contributed by atoms with Gasteiger partial charge >= 0.3 is 6.18 Å². The van der Waals surface area contributed by atoms with Crippen LogP contribution in [0.5, 0.6) is 5.75 Å². The number of nitrogen functional groups attached to an aromatic ring is 1. The molecule has 0 unspecified atom stereocenters. The molecule has 84 valence electrons. The molecule has 1 aromatic carbocycles. The van der Waals surface area contributed by atoms with Crippen molar-refractivity contribution in [1.82, 2.24) is 0 Å². The van der Waals surface area contributed by atoms with E-state index in [4.69, 9.17) is 10.5 Å². The summed E-state index contributed by atoms with van der Waals surface area (Å²) in [6, 6.07) is 4.62. The minimum atomic E-state index is -4.19. The van der Waals surface area contributed by atoms with Crippen molar-refractivity contribution in [2.75, 3.05) is 18.6 Å². The molecule has 0 saturated carbocycles. The molecule has 2 nitrogen and oxygen atoms in total. The minimum Gasteiger partial charge on any atom is -0.497 e. The highest BCUT2D eigenvalue weighted by Gasteiger charge is 2.27. The van der Waals surface area contributed by atoms with E-state index >= 15 is 0 Å². The summed E-state index contributed by atoms with van der Waals surface area (Å²) in [7, 11) is 1.45. The van der Waals surface area contributed by atoms with E-state index in [-0.39, 0.29) is 0 Å². The first-order chi connectivity index (χ1) is 6.92. The number of benzene rings is 1. The Morgan fingerprint density at radius 3 is 2.60 bits per heavy atom. The van der Waals surface area contributed by atoms with Crippen LogP contribution in [0.1, 0.15) is 0 Å². The Labute approximate surface area is 89.6 Å². The molecule has 0 aliphatic heterocycles. The maximum Gasteiger partial charge on any atom is 0.398 e. The van der Waals surface area contributed by atoms with Gasteiger partial charge in [-0.15, -0.1) is 11.8 Å². The first-order valence-corrected chi connectivity index (χ1v) is 5.04. The number of methoxy groups -OCH3 is 1. The monoisotopic (exact) mass is 237 g/mol. The molecule has 0 aliphatic rings. The Morgan fingerprint density at radius 2 is 2.07 bits per heavy atom. The van der Waals surface area contributed by atoms with Crippen LogP contribution in [0.25, 0.3) is 0 Å². The van der Waals surface area contributed by atoms with Crippen molar-refractivity contribution < 1.29 is 17.9 Å². The second kappa shape index (κ2) is 4.65. The lowest BCUT2D eigenvalue weighted by Crippen LogP contribution is -2.10. The minimum absolute atomic E-state index is 0.324. The molecule has 1 aromatic rings. The van der Waals surface area contributed by atoms with Crippen LogP contribution in [-0.2, 0) is 0 Å². The Kier molecular flexibility index (Phi) is 3.73. The Balaban J connectivity index is 2.75. The molecular formula is C9H10F3NOS. The zero-order valence-electron chi connectivity index (χ0n) is 7.97. The molecule has 0 saturated heterocycles. The molecule has 0 fully saturated rings. The fraction of sp³-hybridized carbons (Fsp3) is 0.333. The van der Waals surface area contributed by atoms with Crippen molar-refractivity contribution in [3.63, 3.8) is 0 Å². The molecule has 0 radical (unpaired) electrons. The summed E-state index contributed by atoms with van der Waals surface area (Å²) in [5.74, 6) is -0.460. The summed E-state index contributed by atoms with van der Waals surface area (Å²) < 4.78 is 40.8. The van der Waals surface area contributed by atoms with Gasteiger partial charge in [0.15, 0.2) is 0 Å². The lowest BCUT2D eigenvalue weighted by molar-refractivity contribution is -0.105. The van der Waals surface area contributed by atoms with Crippen molar-refractivity contribution in [2.45, 2.75) is 11.1 Å². The quantitative estimate of drug-likeness (QED) is 0.648. The van der Waals surface area contributed by atoms with Gasteiger partial charge < -0.3 is 10.5 Å². The molecule has 0 bridgehead atoms. The second-order valence-electron chi connectivity index (χ2n) is 2.81. The second-order valence-corrected chi connectivity index (χ2v) is 3.82. The highest BCUT2D eigenvalue weighted by Crippen LogP contribution is 2.33. The van der Waals surface area contributed by atoms with Crippen molar-refractivity contribution in [3.8, 4) is 5.75 Å². The largest absolute Gasteiger partial charge is 0.497 e. The summed E-state index contributed by atoms with van der Waals surface area (Å²) >= 11 is 0.654. The summed E-state index contributed by atoms with van der Waals surface area (Å²) in [5, 5.41) is 0. The standard InChI is InChI=1S/C9H10F3NOS/c1-14-6-2-3-7(13)8(4-6)15-5-9(10,11)12/h2-4H,5,13H2,1H3. The summed E-state index contributed by atoms with van der Waals surface area (Å²) in [5.41, 5.74) is 5.85. The van der Waals surface area contributed by atoms with E-state index in [1.54, 1.807) is 6.07 Å². The highest BCUT2D eigenvalue weighted by atomic mass is 32.2. The van der Waals surface area contributed by atoms with Crippen LogP contribution >= 0.6 is 11.8 Å². The summed E-state index contributed by atoms with van der Waals surface area (Å²) in [6.07, 6.45) is -4.19. The third kappa shape index (κ3) is 3.91. The van der Waals surface area contributed by atoms with Crippen LogP contribution in [0.15, 0.2) is 23.1 Å². The zero-order valence-corrected chi connectivity index (χ0v) is 8.78. The van der Waals surface area contributed by atoms with Crippen LogP contribution in [-0.4, -0.2) is 19.0 Å². The van der Waals surface area contributed by atoms with E-state index < -0.39 is 11.9 Å². The fourth-order valence-corrected chi connectivity index (χ4v) is 1.68. The molecule has 0 aromatic heterocycles. The number of ether oxygens (including phenoxy) is 1. The topological polar surface area (TPSA) is 35.2 Å². The number of rotatable bonds is 3. The maximum atomic E-state index is 12.0. The van der Waals surface area contributed by atoms with Gasteiger partial charge in [0.2, 0.25) is 0 Å². The highest BCUT2D eigenvalue weighted by molar-refractivity contribution is 7.99. The number of hydrogen-bond donors (Lipinski definition) is 1. The van der Waals surface area contributed by atoms with Crippen molar-refractivity contribution in [2.24, 2.45) is 0 Å². The van der Waals surface area contributed by atoms with Gasteiger partial charge in [0.1, 0.15) is 5.75 Å². The fourth-order valence-electron chi connectivity index (χ4n) is 0.926. The lowest BCUT2D eigenvalue weighted by Gasteiger charge is -2.09. The summed E-state index contributed by atoms with van der Waals surface area (Å²) in [6.45, 7) is 0. The van der Waals surface area contributed by atoms with Crippen LogP contribution in [0.2, 0.25) is 0 Å². The number of nitrogens with two attached hydrogens (primary N) is 1. The number of alkyl halides is 3. The van der Waals surface area contributed by atoms with Crippen molar-refractivity contribution in [3.05, 3.63) is 18.2 Å². The molecule has 6 heteroatoms. The molecule has 2 N–H and O–H groups in total. The van der Waals surface area contributed by atoms with Crippen molar-refractivity contribution >= 4 is 17.4 Å². The third-order valence-electron chi connectivity index (χ3n) is 1.61. The van der Waals surface area contributed by atoms with Crippen LogP contribution in [0.4, 0.5) is 18.9 Å². The number of halogens is 3. The average molecular weight is 237 g/mol. The van der Waals surface area contributed by atoms with Crippen LogP contribution < -0.4 is 10.5 Å². The predicted molar refractivity (Wildman–Crippen MR) is 54.2 cm³/mol. The van der Waals surface area contributed by atoms with E-state index in [1.807, 2.05) is 0 Å². The van der Waals surface area contributed by atoms with Gasteiger partial charge in [0, 0.05) is 10.6 Å². The molecule has 0 heterocycles. The molecule has 0 amide bonds. The Morgan fingerprint density at radius 1 is 1.40 bits per heavy atom. The molecule has 0 spiro atoms. The van der Waals surface area contributed by atoms with Crippen molar-refractivity contribution in [1.29, 1.82) is 0 Å². The molecule has 0 aliphatic carbocycles. The zero-order chi connectivity index (χ0) is 11.5. The lowest BCUT2D eigenvalue weighted by atomic mass is 10.3. The maximum absolute atomic E-state index is 12.0. The number of thioether (sulfide) groups is 1. The average Bonchev–Trinajstić information content (AvgIpc) is 2.15. The number of anilines is 1. The van der Waals surface area contributed by atoms with Gasteiger partial charge in [-0.3, -0.25) is 0 Å². The van der Waals surface area contributed by atoms with Gasteiger partial charge in [0.05, 0.1) is 12.9 Å². The van der Waals surface area contributed by atoms with Gasteiger partial charge in [-0.25, -0.2) is 0 Å². The third-order valence-corrected chi connectivity index (χ3v) is 2.75. The first-order valence-electron chi connectivity index (χ1n) is 4.05. The molecule has 0 atom stereocenters. The first kappa shape index (κ1) is 12.0. The van der Waals surface area contributed by atoms with Gasteiger partial charge in [0.25, 0.3) is 0 Å². The van der Waals surface area contributed by atoms with E-state index in [2.05, 4.69) is 0 Å². The van der Waals surface area contributed by atoms with E-state index in [0.29, 0.717) is 28.1 Å². The molecule has 1 rings (SSSR count). The molecular weight excluding hydrogens is 227 g/mol. The van der Waals surface area contributed by atoms with Gasteiger partial charge in [-0.1, -0.05) is 0 Å². The van der Waals surface area contributed by atoms with Gasteiger partial charge in [-0.05, 0) is 18.2 Å². The SMILES string of the molecule is COc1ccc(N)c(SCC(F)(F)F)c1. The van der Waals surface area contributed by atoms with Crippen LogP contribution in [0.3, 0.4) is 0 Å². The number of hydrogen-bond acceptors (Lipinski definition) is 3. The van der Waals surface area contributed by atoms with Crippen LogP contribution in [0, 0.1) is 0 Å². The Hall–Kier alpha value is -1.04. The molecule has 15 heavy (non-hydrogen) atoms. The van der Waals surface area contributed by atoms with Gasteiger partial charge in [-0.2, -0.15) is 13.2 Å². The van der Waals surface area contributed by atoms with E-state index in [0.717, 1.165) is 0 Å². The summed E-state index contributed by atoms with van der Waals surface area (Å²) in [4.78, 5) is 0.381. The van der Waals surface area contributed by atoms with E-state index in [1.165, 1.54) is 19.2 Å². The smallest absolute Gasteiger partial charge is 0.398 e. The van der Waals surface area contributed by atoms with E-state index in [9.17, 15) is 13.2 Å². The predicted octanol–water partition coefficient (Wildman–Crippen LogP) is 2.93. The normalized spacial score (nSPS) is 11.5. The Bertz CT molecular complexity index is 341.